The molecule has 0 atom stereocenters. The van der Waals surface area contributed by atoms with Crippen LogP contribution in [0.5, 0.6) is 0 Å². The van der Waals surface area contributed by atoms with Gasteiger partial charge in [0.15, 0.2) is 0 Å². The van der Waals surface area contributed by atoms with Crippen LogP contribution >= 0.6 is 11.8 Å². The van der Waals surface area contributed by atoms with Crippen molar-refractivity contribution < 1.29 is 9.59 Å². The highest BCUT2D eigenvalue weighted by Crippen LogP contribution is 2.30. The lowest BCUT2D eigenvalue weighted by Crippen LogP contribution is -2.31. The monoisotopic (exact) mass is 465 g/mol. The van der Waals surface area contributed by atoms with Crippen molar-refractivity contribution >= 4 is 35.0 Å². The van der Waals surface area contributed by atoms with Gasteiger partial charge >= 0.3 is 0 Å². The summed E-state index contributed by atoms with van der Waals surface area (Å²) >= 11 is 1.43. The van der Waals surface area contributed by atoms with Crippen LogP contribution in [-0.2, 0) is 4.79 Å². The second-order valence-electron chi connectivity index (χ2n) is 9.11. The predicted molar refractivity (Wildman–Crippen MR) is 137 cm³/mol. The Bertz CT molecular complexity index is 936. The number of thioether (sulfide) groups is 1. The van der Waals surface area contributed by atoms with Gasteiger partial charge in [-0.05, 0) is 62.3 Å². The Hall–Kier alpha value is -2.47. The standard InChI is InChI=1S/C27H35N3O2S/c31-26(28-19-21-11-3-1-4-12-21)20-33-25-16-8-5-13-22(25)27(32)29-23-14-6-7-15-24(23)30-17-9-2-10-18-30/h5-8,13-16,21H,1-4,9-12,17-20H2,(H,28,31)(H,29,32). The number of benzene rings is 2. The van der Waals surface area contributed by atoms with E-state index in [1.54, 1.807) is 0 Å². The van der Waals surface area contributed by atoms with E-state index in [-0.39, 0.29) is 11.8 Å². The lowest BCUT2D eigenvalue weighted by atomic mass is 9.89. The summed E-state index contributed by atoms with van der Waals surface area (Å²) in [5.41, 5.74) is 2.53. The van der Waals surface area contributed by atoms with Crippen molar-refractivity contribution in [2.45, 2.75) is 56.3 Å². The summed E-state index contributed by atoms with van der Waals surface area (Å²) in [6.07, 6.45) is 9.95. The molecule has 4 rings (SSSR count). The molecular formula is C27H35N3O2S. The smallest absolute Gasteiger partial charge is 0.256 e. The van der Waals surface area contributed by atoms with Crippen molar-refractivity contribution in [3.05, 3.63) is 54.1 Å². The molecule has 0 radical (unpaired) electrons. The molecule has 0 aromatic heterocycles. The summed E-state index contributed by atoms with van der Waals surface area (Å²) < 4.78 is 0. The van der Waals surface area contributed by atoms with Crippen LogP contribution in [-0.4, -0.2) is 37.2 Å². The third-order valence-electron chi connectivity index (χ3n) is 6.65. The van der Waals surface area contributed by atoms with Gasteiger partial charge in [0.25, 0.3) is 5.91 Å². The first-order valence-corrected chi connectivity index (χ1v) is 13.3. The Morgan fingerprint density at radius 1 is 0.879 bits per heavy atom. The van der Waals surface area contributed by atoms with Crippen molar-refractivity contribution in [3.8, 4) is 0 Å². The third-order valence-corrected chi connectivity index (χ3v) is 7.73. The van der Waals surface area contributed by atoms with Crippen LogP contribution in [0, 0.1) is 5.92 Å². The molecule has 5 nitrogen and oxygen atoms in total. The lowest BCUT2D eigenvalue weighted by Gasteiger charge is -2.30. The molecule has 2 amide bonds. The van der Waals surface area contributed by atoms with Crippen molar-refractivity contribution in [3.63, 3.8) is 0 Å². The van der Waals surface area contributed by atoms with Gasteiger partial charge in [0.05, 0.1) is 22.7 Å². The van der Waals surface area contributed by atoms with Gasteiger partial charge in [0.1, 0.15) is 0 Å². The molecule has 2 aromatic rings. The van der Waals surface area contributed by atoms with Gasteiger partial charge in [-0.3, -0.25) is 9.59 Å². The molecule has 1 aliphatic heterocycles. The molecule has 6 heteroatoms. The molecule has 2 N–H and O–H groups in total. The number of carbonyl (C=O) groups excluding carboxylic acids is 2. The number of piperidine rings is 1. The normalized spacial score (nSPS) is 16.9. The van der Waals surface area contributed by atoms with E-state index < -0.39 is 0 Å². The summed E-state index contributed by atoms with van der Waals surface area (Å²) in [5, 5.41) is 6.21. The number of nitrogens with zero attached hydrogens (tertiary/aromatic N) is 1. The summed E-state index contributed by atoms with van der Waals surface area (Å²) in [6, 6.07) is 15.6. The predicted octanol–water partition coefficient (Wildman–Crippen LogP) is 5.72. The first-order chi connectivity index (χ1) is 16.2. The highest BCUT2D eigenvalue weighted by molar-refractivity contribution is 8.00. The minimum Gasteiger partial charge on any atom is -0.370 e. The quantitative estimate of drug-likeness (QED) is 0.490. The van der Waals surface area contributed by atoms with Gasteiger partial charge in [0, 0.05) is 24.5 Å². The van der Waals surface area contributed by atoms with Crippen LogP contribution in [0.2, 0.25) is 0 Å². The van der Waals surface area contributed by atoms with Crippen LogP contribution in [0.3, 0.4) is 0 Å². The van der Waals surface area contributed by atoms with Gasteiger partial charge in [-0.2, -0.15) is 0 Å². The van der Waals surface area contributed by atoms with Gasteiger partial charge in [-0.1, -0.05) is 43.5 Å². The average molecular weight is 466 g/mol. The molecule has 1 saturated carbocycles. The van der Waals surface area contributed by atoms with Crippen molar-refractivity contribution in [2.24, 2.45) is 5.92 Å². The van der Waals surface area contributed by atoms with Crippen molar-refractivity contribution in [2.75, 3.05) is 35.6 Å². The molecule has 2 aromatic carbocycles. The van der Waals surface area contributed by atoms with Crippen LogP contribution < -0.4 is 15.5 Å². The van der Waals surface area contributed by atoms with Gasteiger partial charge < -0.3 is 15.5 Å². The fourth-order valence-electron chi connectivity index (χ4n) is 4.80. The molecule has 1 heterocycles. The molecule has 0 spiro atoms. The number of anilines is 2. The molecule has 33 heavy (non-hydrogen) atoms. The second kappa shape index (κ2) is 12.1. The first kappa shape index (κ1) is 23.7. The van der Waals surface area contributed by atoms with Gasteiger partial charge in [-0.25, -0.2) is 0 Å². The Morgan fingerprint density at radius 2 is 1.58 bits per heavy atom. The average Bonchev–Trinajstić information content (AvgIpc) is 2.88. The molecule has 1 saturated heterocycles. The van der Waals surface area contributed by atoms with Crippen LogP contribution in [0.15, 0.2) is 53.4 Å². The summed E-state index contributed by atoms with van der Waals surface area (Å²) in [7, 11) is 0. The van der Waals surface area contributed by atoms with E-state index in [1.807, 2.05) is 42.5 Å². The fraction of sp³-hybridized carbons (Fsp3) is 0.481. The number of para-hydroxylation sites is 2. The van der Waals surface area contributed by atoms with Crippen LogP contribution in [0.1, 0.15) is 61.7 Å². The fourth-order valence-corrected chi connectivity index (χ4v) is 5.68. The van der Waals surface area contributed by atoms with E-state index in [0.717, 1.165) is 35.9 Å². The highest BCUT2D eigenvalue weighted by atomic mass is 32.2. The molecule has 1 aliphatic carbocycles. The Morgan fingerprint density at radius 3 is 2.39 bits per heavy atom. The van der Waals surface area contributed by atoms with E-state index >= 15 is 0 Å². The minimum atomic E-state index is -0.134. The van der Waals surface area contributed by atoms with E-state index in [1.165, 1.54) is 63.1 Å². The van der Waals surface area contributed by atoms with Crippen LogP contribution in [0.25, 0.3) is 0 Å². The molecule has 2 aliphatic rings. The van der Waals surface area contributed by atoms with Crippen molar-refractivity contribution in [1.82, 2.24) is 5.32 Å². The summed E-state index contributed by atoms with van der Waals surface area (Å²) in [4.78, 5) is 28.8. The maximum Gasteiger partial charge on any atom is 0.256 e. The minimum absolute atomic E-state index is 0.0382. The zero-order chi connectivity index (χ0) is 22.9. The highest BCUT2D eigenvalue weighted by Gasteiger charge is 2.19. The maximum atomic E-state index is 13.2. The van der Waals surface area contributed by atoms with E-state index in [0.29, 0.717) is 17.2 Å². The topological polar surface area (TPSA) is 61.4 Å². The molecular weight excluding hydrogens is 430 g/mol. The summed E-state index contributed by atoms with van der Waals surface area (Å²) in [6.45, 7) is 2.82. The molecule has 0 unspecified atom stereocenters. The number of amides is 2. The molecule has 176 valence electrons. The largest absolute Gasteiger partial charge is 0.370 e. The Kier molecular flexibility index (Phi) is 8.70. The summed E-state index contributed by atoms with van der Waals surface area (Å²) in [5.74, 6) is 0.841. The second-order valence-corrected chi connectivity index (χ2v) is 10.1. The number of hydrogen-bond donors (Lipinski definition) is 2. The first-order valence-electron chi connectivity index (χ1n) is 12.3. The number of carbonyl (C=O) groups is 2. The lowest BCUT2D eigenvalue weighted by molar-refractivity contribution is -0.118. The number of nitrogens with one attached hydrogen (secondary N) is 2. The Labute approximate surface area is 201 Å². The zero-order valence-corrected chi connectivity index (χ0v) is 20.2. The molecule has 0 bridgehead atoms. The Balaban J connectivity index is 1.36. The SMILES string of the molecule is O=C(CSc1ccccc1C(=O)Nc1ccccc1N1CCCCC1)NCC1CCCCC1. The van der Waals surface area contributed by atoms with Gasteiger partial charge in [0.2, 0.25) is 5.91 Å². The van der Waals surface area contributed by atoms with E-state index in [4.69, 9.17) is 0 Å². The maximum absolute atomic E-state index is 13.2. The van der Waals surface area contributed by atoms with Crippen molar-refractivity contribution in [1.29, 1.82) is 0 Å². The zero-order valence-electron chi connectivity index (χ0n) is 19.4. The van der Waals surface area contributed by atoms with E-state index in [2.05, 4.69) is 21.6 Å². The van der Waals surface area contributed by atoms with Gasteiger partial charge in [-0.15, -0.1) is 11.8 Å². The number of hydrogen-bond acceptors (Lipinski definition) is 4. The molecule has 2 fully saturated rings. The number of rotatable bonds is 8. The van der Waals surface area contributed by atoms with E-state index in [9.17, 15) is 9.59 Å². The third kappa shape index (κ3) is 6.76. The van der Waals surface area contributed by atoms with Crippen LogP contribution in [0.4, 0.5) is 11.4 Å².